The highest BCUT2D eigenvalue weighted by Crippen LogP contribution is 2.21. The van der Waals surface area contributed by atoms with Gasteiger partial charge in [-0.05, 0) is 18.4 Å². The molecule has 6 nitrogen and oxygen atoms in total. The van der Waals surface area contributed by atoms with Gasteiger partial charge in [0.25, 0.3) is 5.91 Å². The van der Waals surface area contributed by atoms with Crippen LogP contribution in [0.3, 0.4) is 0 Å². The van der Waals surface area contributed by atoms with Crippen molar-refractivity contribution in [3.8, 4) is 0 Å². The van der Waals surface area contributed by atoms with Gasteiger partial charge >= 0.3 is 5.97 Å². The second-order valence-electron chi connectivity index (χ2n) is 6.11. The summed E-state index contributed by atoms with van der Waals surface area (Å²) in [5.74, 6) is -1.11. The van der Waals surface area contributed by atoms with E-state index >= 15 is 0 Å². The van der Waals surface area contributed by atoms with Crippen molar-refractivity contribution in [2.24, 2.45) is 0 Å². The summed E-state index contributed by atoms with van der Waals surface area (Å²) >= 11 is 0. The van der Waals surface area contributed by atoms with Crippen molar-refractivity contribution in [3.63, 3.8) is 0 Å². The number of nitrogens with zero attached hydrogens (tertiary/aromatic N) is 2. The summed E-state index contributed by atoms with van der Waals surface area (Å²) in [5.41, 5.74) is 1.20. The van der Waals surface area contributed by atoms with Crippen LogP contribution in [0.25, 0.3) is 0 Å². The Kier molecular flexibility index (Phi) is 4.93. The number of likely N-dealkylation sites (tertiary alicyclic amines) is 1. The summed E-state index contributed by atoms with van der Waals surface area (Å²) in [7, 11) is 0. The Morgan fingerprint density at radius 2 is 2.00 bits per heavy atom. The van der Waals surface area contributed by atoms with E-state index in [0.29, 0.717) is 26.1 Å². The molecule has 0 bridgehead atoms. The van der Waals surface area contributed by atoms with E-state index in [2.05, 4.69) is 17.0 Å². The van der Waals surface area contributed by atoms with Crippen LogP contribution in [-0.2, 0) is 20.9 Å². The van der Waals surface area contributed by atoms with Crippen LogP contribution in [0, 0.1) is 0 Å². The third-order valence-corrected chi connectivity index (χ3v) is 4.50. The van der Waals surface area contributed by atoms with Crippen LogP contribution < -0.4 is 0 Å². The lowest BCUT2D eigenvalue weighted by molar-refractivity contribution is -0.157. The van der Waals surface area contributed by atoms with Gasteiger partial charge in [-0.15, -0.1) is 0 Å². The molecule has 2 aliphatic rings. The fourth-order valence-corrected chi connectivity index (χ4v) is 3.31. The first kappa shape index (κ1) is 16.0. The maximum absolute atomic E-state index is 12.6. The summed E-state index contributed by atoms with van der Waals surface area (Å²) < 4.78 is 5.62. The number of carbonyl (C=O) groups excluding carboxylic acids is 1. The third-order valence-electron chi connectivity index (χ3n) is 4.50. The van der Waals surface area contributed by atoms with Gasteiger partial charge in [-0.25, -0.2) is 4.79 Å². The van der Waals surface area contributed by atoms with E-state index < -0.39 is 18.1 Å². The molecule has 1 aromatic carbocycles. The minimum absolute atomic E-state index is 0.187. The van der Waals surface area contributed by atoms with Gasteiger partial charge in [0.05, 0.1) is 6.61 Å². The molecule has 1 N–H and O–H groups in total. The first-order valence-electron chi connectivity index (χ1n) is 8.06. The SMILES string of the molecule is O=C(O)[C@H]1CCCN1C(=O)C1CN(Cc2ccccc2)CCO1. The highest BCUT2D eigenvalue weighted by molar-refractivity contribution is 5.87. The van der Waals surface area contributed by atoms with E-state index in [0.717, 1.165) is 19.5 Å². The van der Waals surface area contributed by atoms with Crippen molar-refractivity contribution in [1.82, 2.24) is 9.80 Å². The van der Waals surface area contributed by atoms with Crippen molar-refractivity contribution in [1.29, 1.82) is 0 Å². The zero-order valence-electron chi connectivity index (χ0n) is 13.1. The molecule has 1 aromatic rings. The molecule has 124 valence electrons. The van der Waals surface area contributed by atoms with E-state index in [-0.39, 0.29) is 5.91 Å². The number of rotatable bonds is 4. The first-order chi connectivity index (χ1) is 11.1. The topological polar surface area (TPSA) is 70.1 Å². The van der Waals surface area contributed by atoms with Crippen LogP contribution in [0.2, 0.25) is 0 Å². The molecule has 0 aromatic heterocycles. The molecule has 23 heavy (non-hydrogen) atoms. The van der Waals surface area contributed by atoms with Gasteiger partial charge in [-0.3, -0.25) is 9.69 Å². The fourth-order valence-electron chi connectivity index (χ4n) is 3.31. The zero-order chi connectivity index (χ0) is 16.2. The lowest BCUT2D eigenvalue weighted by Crippen LogP contribution is -2.53. The van der Waals surface area contributed by atoms with Gasteiger partial charge < -0.3 is 14.7 Å². The Morgan fingerprint density at radius 1 is 1.22 bits per heavy atom. The average Bonchev–Trinajstić information content (AvgIpc) is 3.05. The number of benzene rings is 1. The molecule has 2 atom stereocenters. The Morgan fingerprint density at radius 3 is 2.74 bits per heavy atom. The zero-order valence-corrected chi connectivity index (χ0v) is 13.1. The second-order valence-corrected chi connectivity index (χ2v) is 6.11. The van der Waals surface area contributed by atoms with Crippen molar-refractivity contribution < 1.29 is 19.4 Å². The molecule has 0 saturated carbocycles. The Labute approximate surface area is 135 Å². The van der Waals surface area contributed by atoms with Gasteiger partial charge in [-0.1, -0.05) is 30.3 Å². The first-order valence-corrected chi connectivity index (χ1v) is 8.06. The van der Waals surface area contributed by atoms with Crippen LogP contribution in [0.4, 0.5) is 0 Å². The Hall–Kier alpha value is -1.92. The minimum Gasteiger partial charge on any atom is -0.480 e. The number of ether oxygens (including phenoxy) is 1. The van der Waals surface area contributed by atoms with Crippen LogP contribution in [0.1, 0.15) is 18.4 Å². The van der Waals surface area contributed by atoms with Crippen molar-refractivity contribution in [3.05, 3.63) is 35.9 Å². The molecule has 6 heteroatoms. The number of hydrogen-bond donors (Lipinski definition) is 1. The Balaban J connectivity index is 1.61. The smallest absolute Gasteiger partial charge is 0.326 e. The molecule has 2 aliphatic heterocycles. The summed E-state index contributed by atoms with van der Waals surface area (Å²) in [5, 5.41) is 9.23. The maximum atomic E-state index is 12.6. The normalized spacial score (nSPS) is 25.5. The molecular weight excluding hydrogens is 296 g/mol. The number of carboxylic acid groups (broad SMARTS) is 1. The van der Waals surface area contributed by atoms with E-state index in [1.165, 1.54) is 10.5 Å². The molecule has 1 amide bonds. The summed E-state index contributed by atoms with van der Waals surface area (Å²) in [6, 6.07) is 9.41. The number of morpholine rings is 1. The van der Waals surface area contributed by atoms with Gasteiger partial charge in [0.15, 0.2) is 0 Å². The van der Waals surface area contributed by atoms with Crippen molar-refractivity contribution in [2.75, 3.05) is 26.2 Å². The van der Waals surface area contributed by atoms with E-state index in [9.17, 15) is 14.7 Å². The van der Waals surface area contributed by atoms with E-state index in [1.807, 2.05) is 18.2 Å². The predicted octanol–water partition coefficient (Wildman–Crippen LogP) is 0.963. The van der Waals surface area contributed by atoms with Crippen LogP contribution >= 0.6 is 0 Å². The van der Waals surface area contributed by atoms with E-state index in [4.69, 9.17) is 4.74 Å². The van der Waals surface area contributed by atoms with Gasteiger partial charge in [0.2, 0.25) is 0 Å². The molecule has 3 rings (SSSR count). The number of hydrogen-bond acceptors (Lipinski definition) is 4. The molecule has 2 heterocycles. The van der Waals surface area contributed by atoms with Crippen LogP contribution in [-0.4, -0.2) is 65.2 Å². The molecule has 2 saturated heterocycles. The predicted molar refractivity (Wildman–Crippen MR) is 83.8 cm³/mol. The van der Waals surface area contributed by atoms with E-state index in [1.54, 1.807) is 0 Å². The molecule has 2 fully saturated rings. The number of carbonyl (C=O) groups is 2. The minimum atomic E-state index is -0.923. The van der Waals surface area contributed by atoms with Crippen LogP contribution in [0.15, 0.2) is 30.3 Å². The number of aliphatic carboxylic acids is 1. The average molecular weight is 318 g/mol. The second kappa shape index (κ2) is 7.10. The lowest BCUT2D eigenvalue weighted by atomic mass is 10.1. The van der Waals surface area contributed by atoms with Crippen molar-refractivity contribution >= 4 is 11.9 Å². The van der Waals surface area contributed by atoms with Gasteiger partial charge in [0.1, 0.15) is 12.1 Å². The highest BCUT2D eigenvalue weighted by atomic mass is 16.5. The number of amides is 1. The molecule has 0 spiro atoms. The quantitative estimate of drug-likeness (QED) is 0.895. The standard InChI is InChI=1S/C17H22N2O4/c20-16(19-8-4-7-14(19)17(21)22)15-12-18(9-10-23-15)11-13-5-2-1-3-6-13/h1-3,5-6,14-15H,4,7-12H2,(H,21,22)/t14-,15?/m1/s1. The fraction of sp³-hybridized carbons (Fsp3) is 0.529. The summed E-state index contributed by atoms with van der Waals surface area (Å²) in [6.45, 7) is 3.07. The summed E-state index contributed by atoms with van der Waals surface area (Å²) in [6.07, 6.45) is 0.706. The molecule has 1 unspecified atom stereocenters. The monoisotopic (exact) mass is 318 g/mol. The Bertz CT molecular complexity index is 563. The largest absolute Gasteiger partial charge is 0.480 e. The highest BCUT2D eigenvalue weighted by Gasteiger charge is 2.38. The molecular formula is C17H22N2O4. The third kappa shape index (κ3) is 3.71. The van der Waals surface area contributed by atoms with Gasteiger partial charge in [0, 0.05) is 26.2 Å². The van der Waals surface area contributed by atoms with Crippen LogP contribution in [0.5, 0.6) is 0 Å². The maximum Gasteiger partial charge on any atom is 0.326 e. The number of carboxylic acids is 1. The summed E-state index contributed by atoms with van der Waals surface area (Å²) in [4.78, 5) is 27.5. The van der Waals surface area contributed by atoms with Crippen molar-refractivity contribution in [2.45, 2.75) is 31.5 Å². The van der Waals surface area contributed by atoms with Gasteiger partial charge in [-0.2, -0.15) is 0 Å². The molecule has 0 aliphatic carbocycles. The molecule has 0 radical (unpaired) electrons. The lowest BCUT2D eigenvalue weighted by Gasteiger charge is -2.34.